The Kier molecular flexibility index (Phi) is 6.21. The highest BCUT2D eigenvalue weighted by molar-refractivity contribution is 5.31. The van der Waals surface area contributed by atoms with Gasteiger partial charge in [-0.1, -0.05) is 18.2 Å². The van der Waals surface area contributed by atoms with Crippen LogP contribution >= 0.6 is 0 Å². The SMILES string of the molecule is CC(C)(c1ccccn1)N1CC[C@@](CCc2ccc(C#N)cc2)([C@@H](O)C(F)(F)F)C1. The molecule has 4 nitrogen and oxygen atoms in total. The molecule has 0 aliphatic carbocycles. The van der Waals surface area contributed by atoms with Crippen LogP contribution in [0.4, 0.5) is 13.2 Å². The van der Waals surface area contributed by atoms with Gasteiger partial charge < -0.3 is 5.11 Å². The fourth-order valence-electron chi connectivity index (χ4n) is 4.31. The summed E-state index contributed by atoms with van der Waals surface area (Å²) in [7, 11) is 0. The number of benzene rings is 1. The molecule has 0 bridgehead atoms. The molecule has 7 heteroatoms. The lowest BCUT2D eigenvalue weighted by atomic mass is 9.75. The summed E-state index contributed by atoms with van der Waals surface area (Å²) in [5.74, 6) is 0. The first-order valence-electron chi connectivity index (χ1n) is 9.99. The van der Waals surface area contributed by atoms with Gasteiger partial charge in [-0.05, 0) is 69.5 Å². The predicted octanol–water partition coefficient (Wildman–Crippen LogP) is 4.44. The van der Waals surface area contributed by atoms with Crippen LogP contribution in [-0.4, -0.2) is 40.4 Å². The highest BCUT2D eigenvalue weighted by atomic mass is 19.4. The first-order valence-corrected chi connectivity index (χ1v) is 9.99. The normalized spacial score (nSPS) is 21.4. The minimum absolute atomic E-state index is 0.132. The summed E-state index contributed by atoms with van der Waals surface area (Å²) < 4.78 is 40.8. The molecule has 1 aromatic heterocycles. The Hall–Kier alpha value is -2.43. The monoisotopic (exact) mass is 417 g/mol. The van der Waals surface area contributed by atoms with Crippen molar-refractivity contribution in [1.29, 1.82) is 5.26 Å². The van der Waals surface area contributed by atoms with Gasteiger partial charge in [0, 0.05) is 18.2 Å². The van der Waals surface area contributed by atoms with Crippen LogP contribution in [0.25, 0.3) is 0 Å². The van der Waals surface area contributed by atoms with E-state index < -0.39 is 23.2 Å². The fourth-order valence-corrected chi connectivity index (χ4v) is 4.31. The first-order chi connectivity index (χ1) is 14.1. The third kappa shape index (κ3) is 4.50. The summed E-state index contributed by atoms with van der Waals surface area (Å²) >= 11 is 0. The Morgan fingerprint density at radius 1 is 1.20 bits per heavy atom. The molecule has 0 radical (unpaired) electrons. The Bertz CT molecular complexity index is 891. The largest absolute Gasteiger partial charge is 0.414 e. The second-order valence-corrected chi connectivity index (χ2v) is 8.56. The molecule has 1 N–H and O–H groups in total. The number of aromatic nitrogens is 1. The molecule has 2 aromatic rings. The van der Waals surface area contributed by atoms with Crippen LogP contribution in [0.2, 0.25) is 0 Å². The number of rotatable bonds is 6. The van der Waals surface area contributed by atoms with Crippen LogP contribution in [0.5, 0.6) is 0 Å². The number of alkyl halides is 3. The van der Waals surface area contributed by atoms with Crippen LogP contribution in [0.1, 0.15) is 43.5 Å². The Labute approximate surface area is 175 Å². The average molecular weight is 417 g/mol. The molecule has 1 aromatic carbocycles. The Morgan fingerprint density at radius 2 is 1.90 bits per heavy atom. The summed E-state index contributed by atoms with van der Waals surface area (Å²) in [6.07, 6.45) is -4.55. The number of pyridine rings is 1. The molecular weight excluding hydrogens is 391 g/mol. The first kappa shape index (κ1) is 22.3. The summed E-state index contributed by atoms with van der Waals surface area (Å²) in [6, 6.07) is 14.4. The molecule has 1 saturated heterocycles. The maximum Gasteiger partial charge on any atom is 0.414 e. The molecule has 2 heterocycles. The summed E-state index contributed by atoms with van der Waals surface area (Å²) in [6.45, 7) is 4.48. The Balaban J connectivity index is 1.83. The number of halogens is 3. The molecule has 0 amide bonds. The summed E-state index contributed by atoms with van der Waals surface area (Å²) in [5.41, 5.74) is 0.300. The van der Waals surface area contributed by atoms with E-state index in [0.29, 0.717) is 18.5 Å². The number of likely N-dealkylation sites (tertiary alicyclic amines) is 1. The van der Waals surface area contributed by atoms with E-state index in [1.807, 2.05) is 36.9 Å². The van der Waals surface area contributed by atoms with Crippen molar-refractivity contribution in [3.05, 3.63) is 65.5 Å². The molecular formula is C23H26F3N3O. The highest BCUT2D eigenvalue weighted by Crippen LogP contribution is 2.47. The Morgan fingerprint density at radius 3 is 2.47 bits per heavy atom. The second-order valence-electron chi connectivity index (χ2n) is 8.56. The molecule has 2 atom stereocenters. The van der Waals surface area contributed by atoms with E-state index in [0.717, 1.165) is 11.3 Å². The van der Waals surface area contributed by atoms with E-state index >= 15 is 0 Å². The van der Waals surface area contributed by atoms with E-state index in [1.165, 1.54) is 0 Å². The van der Waals surface area contributed by atoms with E-state index in [4.69, 9.17) is 5.26 Å². The quantitative estimate of drug-likeness (QED) is 0.755. The molecule has 0 spiro atoms. The van der Waals surface area contributed by atoms with Gasteiger partial charge in [-0.2, -0.15) is 18.4 Å². The van der Waals surface area contributed by atoms with Gasteiger partial charge in [0.25, 0.3) is 0 Å². The van der Waals surface area contributed by atoms with Crippen LogP contribution in [0.15, 0.2) is 48.7 Å². The van der Waals surface area contributed by atoms with Crippen molar-refractivity contribution >= 4 is 0 Å². The lowest BCUT2D eigenvalue weighted by Crippen LogP contribution is -2.49. The van der Waals surface area contributed by atoms with Crippen molar-refractivity contribution in [3.8, 4) is 6.07 Å². The molecule has 0 unspecified atom stereocenters. The van der Waals surface area contributed by atoms with Crippen molar-refractivity contribution in [2.45, 2.75) is 50.9 Å². The predicted molar refractivity (Wildman–Crippen MR) is 107 cm³/mol. The molecule has 30 heavy (non-hydrogen) atoms. The van der Waals surface area contributed by atoms with E-state index in [2.05, 4.69) is 4.98 Å². The van der Waals surface area contributed by atoms with Gasteiger partial charge in [0.2, 0.25) is 0 Å². The number of aryl methyl sites for hydroxylation is 1. The van der Waals surface area contributed by atoms with Crippen LogP contribution in [0.3, 0.4) is 0 Å². The number of aliphatic hydroxyl groups excluding tert-OH is 1. The zero-order valence-electron chi connectivity index (χ0n) is 17.2. The van der Waals surface area contributed by atoms with E-state index in [9.17, 15) is 18.3 Å². The van der Waals surface area contributed by atoms with Gasteiger partial charge >= 0.3 is 6.18 Å². The van der Waals surface area contributed by atoms with Crippen molar-refractivity contribution in [2.24, 2.45) is 5.41 Å². The number of hydrogen-bond donors (Lipinski definition) is 1. The van der Waals surface area contributed by atoms with Gasteiger partial charge in [0.1, 0.15) is 0 Å². The molecule has 1 aliphatic heterocycles. The minimum atomic E-state index is -4.68. The van der Waals surface area contributed by atoms with E-state index in [1.54, 1.807) is 36.5 Å². The lowest BCUT2D eigenvalue weighted by Gasteiger charge is -2.39. The smallest absolute Gasteiger partial charge is 0.383 e. The maximum absolute atomic E-state index is 13.6. The molecule has 1 fully saturated rings. The van der Waals surface area contributed by atoms with Crippen molar-refractivity contribution in [3.63, 3.8) is 0 Å². The van der Waals surface area contributed by atoms with Gasteiger partial charge in [0.15, 0.2) is 6.10 Å². The fraction of sp³-hybridized carbons (Fsp3) is 0.478. The average Bonchev–Trinajstić information content (AvgIpc) is 3.18. The molecule has 1 aliphatic rings. The van der Waals surface area contributed by atoms with Crippen molar-refractivity contribution in [1.82, 2.24) is 9.88 Å². The van der Waals surface area contributed by atoms with Crippen LogP contribution in [-0.2, 0) is 12.0 Å². The van der Waals surface area contributed by atoms with Gasteiger partial charge in [-0.15, -0.1) is 0 Å². The number of nitrogens with zero attached hydrogens (tertiary/aromatic N) is 3. The van der Waals surface area contributed by atoms with E-state index in [-0.39, 0.29) is 19.4 Å². The highest BCUT2D eigenvalue weighted by Gasteiger charge is 2.56. The third-order valence-electron chi connectivity index (χ3n) is 6.35. The minimum Gasteiger partial charge on any atom is -0.383 e. The van der Waals surface area contributed by atoms with Crippen molar-refractivity contribution in [2.75, 3.05) is 13.1 Å². The number of nitriles is 1. The van der Waals surface area contributed by atoms with Crippen molar-refractivity contribution < 1.29 is 18.3 Å². The summed E-state index contributed by atoms with van der Waals surface area (Å²) in [4.78, 5) is 6.38. The van der Waals surface area contributed by atoms with Gasteiger partial charge in [0.05, 0.1) is 22.9 Å². The zero-order chi connectivity index (χ0) is 22.0. The number of hydrogen-bond acceptors (Lipinski definition) is 4. The summed E-state index contributed by atoms with van der Waals surface area (Å²) in [5, 5.41) is 19.3. The molecule has 3 rings (SSSR count). The molecule has 160 valence electrons. The topological polar surface area (TPSA) is 60.2 Å². The maximum atomic E-state index is 13.6. The van der Waals surface area contributed by atoms with Gasteiger partial charge in [-0.3, -0.25) is 9.88 Å². The standard InChI is InChI=1S/C23H26F3N3O/c1-21(2,19-5-3-4-13-28-19)29-14-12-22(16-29,20(30)23(24,25)26)11-10-17-6-8-18(15-27)9-7-17/h3-9,13,20,30H,10-12,14,16H2,1-2H3/t20-,22-/m1/s1. The van der Waals surface area contributed by atoms with Crippen LogP contribution in [0, 0.1) is 16.7 Å². The van der Waals surface area contributed by atoms with Crippen LogP contribution < -0.4 is 0 Å². The lowest BCUT2D eigenvalue weighted by molar-refractivity contribution is -0.239. The van der Waals surface area contributed by atoms with Gasteiger partial charge in [-0.25, -0.2) is 0 Å². The zero-order valence-corrected chi connectivity index (χ0v) is 17.2. The molecule has 0 saturated carbocycles. The third-order valence-corrected chi connectivity index (χ3v) is 6.35. The second kappa shape index (κ2) is 8.37. The number of aliphatic hydroxyl groups is 1.